The zero-order valence-corrected chi connectivity index (χ0v) is 17.6. The van der Waals surface area contributed by atoms with E-state index in [1.807, 2.05) is 31.2 Å². The molecule has 0 aliphatic carbocycles. The van der Waals surface area contributed by atoms with Gasteiger partial charge in [0.15, 0.2) is 0 Å². The van der Waals surface area contributed by atoms with Gasteiger partial charge in [-0.25, -0.2) is 0 Å². The molecule has 0 N–H and O–H groups in total. The lowest BCUT2D eigenvalue weighted by atomic mass is 10.0. The molecule has 0 saturated heterocycles. The van der Waals surface area contributed by atoms with Gasteiger partial charge in [0, 0.05) is 6.42 Å². The van der Waals surface area contributed by atoms with E-state index in [1.54, 1.807) is 7.11 Å². The second-order valence-electron chi connectivity index (χ2n) is 6.64. The molecular weight excluding hydrogens is 350 g/mol. The first-order chi connectivity index (χ1) is 13.6. The van der Waals surface area contributed by atoms with Crippen molar-refractivity contribution in [3.8, 4) is 11.5 Å². The lowest BCUT2D eigenvalue weighted by Crippen LogP contribution is -2.06. The first kappa shape index (κ1) is 21.5. The number of aryl methyl sites for hydroxylation is 2. The topological polar surface area (TPSA) is 40.0 Å². The minimum absolute atomic E-state index is 0.581. The van der Waals surface area contributed by atoms with E-state index in [2.05, 4.69) is 50.2 Å². The van der Waals surface area contributed by atoms with Crippen LogP contribution in [0, 0.1) is 13.8 Å². The van der Waals surface area contributed by atoms with Crippen molar-refractivity contribution in [3.63, 3.8) is 0 Å². The van der Waals surface area contributed by atoms with Crippen molar-refractivity contribution in [3.05, 3.63) is 70.8 Å². The van der Waals surface area contributed by atoms with Crippen LogP contribution < -0.4 is 9.47 Å². The van der Waals surface area contributed by atoms with Gasteiger partial charge in [0.05, 0.1) is 12.3 Å². The molecule has 0 atom stereocenters. The molecule has 0 heterocycles. The highest BCUT2D eigenvalue weighted by atomic mass is 16.6. The van der Waals surface area contributed by atoms with Gasteiger partial charge in [-0.3, -0.25) is 0 Å². The van der Waals surface area contributed by atoms with Crippen molar-refractivity contribution < 1.29 is 14.3 Å². The number of hydrogen-bond acceptors (Lipinski definition) is 4. The lowest BCUT2D eigenvalue weighted by Gasteiger charge is -2.14. The van der Waals surface area contributed by atoms with Crippen LogP contribution in [0.1, 0.15) is 42.5 Å². The molecule has 0 amide bonds. The van der Waals surface area contributed by atoms with E-state index in [9.17, 15) is 0 Å². The third-order valence-corrected chi connectivity index (χ3v) is 4.45. The molecule has 0 aliphatic rings. The Morgan fingerprint density at radius 1 is 1.07 bits per heavy atom. The van der Waals surface area contributed by atoms with Gasteiger partial charge in [-0.15, -0.1) is 0 Å². The molecule has 0 bridgehead atoms. The van der Waals surface area contributed by atoms with Gasteiger partial charge < -0.3 is 14.3 Å². The number of oxime groups is 1. The zero-order chi connectivity index (χ0) is 20.4. The molecule has 4 nitrogen and oxygen atoms in total. The molecule has 28 heavy (non-hydrogen) atoms. The maximum Gasteiger partial charge on any atom is 0.125 e. The number of ether oxygens (including phenoxy) is 2. The quantitative estimate of drug-likeness (QED) is 0.304. The van der Waals surface area contributed by atoms with Crippen molar-refractivity contribution in [2.24, 2.45) is 5.16 Å². The van der Waals surface area contributed by atoms with Crippen LogP contribution >= 0.6 is 0 Å². The molecular formula is C24H31NO3. The van der Waals surface area contributed by atoms with Gasteiger partial charge in [-0.1, -0.05) is 42.4 Å². The molecule has 0 aliphatic heterocycles. The summed E-state index contributed by atoms with van der Waals surface area (Å²) in [6.45, 7) is 9.37. The Morgan fingerprint density at radius 3 is 2.46 bits per heavy atom. The molecule has 2 aromatic rings. The van der Waals surface area contributed by atoms with E-state index in [4.69, 9.17) is 14.3 Å². The smallest absolute Gasteiger partial charge is 0.125 e. The van der Waals surface area contributed by atoms with E-state index >= 15 is 0 Å². The molecule has 0 fully saturated rings. The van der Waals surface area contributed by atoms with E-state index in [0.29, 0.717) is 13.2 Å². The molecule has 4 heteroatoms. The van der Waals surface area contributed by atoms with Crippen molar-refractivity contribution in [2.45, 2.75) is 40.5 Å². The van der Waals surface area contributed by atoms with Crippen LogP contribution in [0.5, 0.6) is 11.5 Å². The van der Waals surface area contributed by atoms with E-state index in [0.717, 1.165) is 46.7 Å². The standard InChI is InChI=1S/C24H31NO3/c1-6-8-13-27-22-15-18(3)24(19(4)16-22)28-14-12-20-10-9-11-21(17-20)23(7-2)25-26-5/h6,8-11,15-17H,7,12-14H2,1-5H3/b8-6+,25-23+. The van der Waals surface area contributed by atoms with Crippen LogP contribution in [0.3, 0.4) is 0 Å². The van der Waals surface area contributed by atoms with Crippen LogP contribution in [0.15, 0.2) is 53.7 Å². The van der Waals surface area contributed by atoms with Crippen LogP contribution in [0.4, 0.5) is 0 Å². The molecule has 0 spiro atoms. The second-order valence-corrected chi connectivity index (χ2v) is 6.64. The van der Waals surface area contributed by atoms with Crippen LogP contribution in [0.2, 0.25) is 0 Å². The predicted octanol–water partition coefficient (Wildman–Crippen LogP) is 5.64. The molecule has 0 radical (unpaired) electrons. The van der Waals surface area contributed by atoms with E-state index < -0.39 is 0 Å². The van der Waals surface area contributed by atoms with Gasteiger partial charge in [-0.05, 0) is 67.6 Å². The second kappa shape index (κ2) is 11.2. The molecule has 2 rings (SSSR count). The first-order valence-electron chi connectivity index (χ1n) is 9.76. The summed E-state index contributed by atoms with van der Waals surface area (Å²) in [5.41, 5.74) is 5.44. The summed E-state index contributed by atoms with van der Waals surface area (Å²) in [5, 5.41) is 4.11. The summed E-state index contributed by atoms with van der Waals surface area (Å²) >= 11 is 0. The first-order valence-corrected chi connectivity index (χ1v) is 9.76. The van der Waals surface area contributed by atoms with E-state index in [1.165, 1.54) is 5.56 Å². The summed E-state index contributed by atoms with van der Waals surface area (Å²) in [6.07, 6.45) is 5.63. The van der Waals surface area contributed by atoms with Gasteiger partial charge in [-0.2, -0.15) is 0 Å². The molecule has 0 unspecified atom stereocenters. The zero-order valence-electron chi connectivity index (χ0n) is 17.6. The fourth-order valence-corrected chi connectivity index (χ4v) is 3.07. The molecule has 2 aromatic carbocycles. The molecule has 0 saturated carbocycles. The minimum Gasteiger partial charge on any atom is -0.493 e. The highest BCUT2D eigenvalue weighted by Crippen LogP contribution is 2.28. The van der Waals surface area contributed by atoms with Crippen molar-refractivity contribution in [1.82, 2.24) is 0 Å². The van der Waals surface area contributed by atoms with Crippen molar-refractivity contribution in [1.29, 1.82) is 0 Å². The fourth-order valence-electron chi connectivity index (χ4n) is 3.07. The summed E-state index contributed by atoms with van der Waals surface area (Å²) < 4.78 is 11.8. The minimum atomic E-state index is 0.581. The van der Waals surface area contributed by atoms with Crippen LogP contribution in [-0.4, -0.2) is 26.0 Å². The summed E-state index contributed by atoms with van der Waals surface area (Å²) in [7, 11) is 1.58. The van der Waals surface area contributed by atoms with Gasteiger partial charge in [0.2, 0.25) is 0 Å². The summed E-state index contributed by atoms with van der Waals surface area (Å²) in [6, 6.07) is 12.4. The van der Waals surface area contributed by atoms with Crippen LogP contribution in [0.25, 0.3) is 0 Å². The number of nitrogens with zero attached hydrogens (tertiary/aromatic N) is 1. The Morgan fingerprint density at radius 2 is 1.82 bits per heavy atom. The Labute approximate surface area is 168 Å². The van der Waals surface area contributed by atoms with Crippen LogP contribution in [-0.2, 0) is 11.3 Å². The number of allylic oxidation sites excluding steroid dienone is 1. The fraction of sp³-hybridized carbons (Fsp3) is 0.375. The van der Waals surface area contributed by atoms with Gasteiger partial charge >= 0.3 is 0 Å². The average molecular weight is 382 g/mol. The normalized spacial score (nSPS) is 11.7. The summed E-state index contributed by atoms with van der Waals surface area (Å²) in [5.74, 6) is 1.81. The van der Waals surface area contributed by atoms with Gasteiger partial charge in [0.25, 0.3) is 0 Å². The van der Waals surface area contributed by atoms with E-state index in [-0.39, 0.29) is 0 Å². The molecule has 150 valence electrons. The maximum absolute atomic E-state index is 6.10. The largest absolute Gasteiger partial charge is 0.493 e. The third-order valence-electron chi connectivity index (χ3n) is 4.45. The Hall–Kier alpha value is -2.75. The summed E-state index contributed by atoms with van der Waals surface area (Å²) in [4.78, 5) is 4.94. The molecule has 0 aromatic heterocycles. The number of rotatable bonds is 10. The maximum atomic E-state index is 6.10. The monoisotopic (exact) mass is 381 g/mol. The Balaban J connectivity index is 2.00. The van der Waals surface area contributed by atoms with Gasteiger partial charge in [0.1, 0.15) is 25.2 Å². The lowest BCUT2D eigenvalue weighted by molar-refractivity contribution is 0.213. The highest BCUT2D eigenvalue weighted by molar-refractivity contribution is 6.00. The Kier molecular flexibility index (Phi) is 8.60. The average Bonchev–Trinajstić information content (AvgIpc) is 2.68. The third kappa shape index (κ3) is 6.15. The Bertz CT molecular complexity index is 801. The highest BCUT2D eigenvalue weighted by Gasteiger charge is 2.08. The predicted molar refractivity (Wildman–Crippen MR) is 116 cm³/mol. The van der Waals surface area contributed by atoms with Crippen molar-refractivity contribution >= 4 is 5.71 Å². The van der Waals surface area contributed by atoms with Crippen molar-refractivity contribution in [2.75, 3.05) is 20.3 Å². The number of hydrogen-bond donors (Lipinski definition) is 0. The SMILES string of the molecule is C/C=C/COc1cc(C)c(OCCc2cccc(/C(CC)=N/OC)c2)c(C)c1. The number of benzene rings is 2.